The van der Waals surface area contributed by atoms with Crippen LogP contribution in [0.3, 0.4) is 0 Å². The van der Waals surface area contributed by atoms with Gasteiger partial charge in [0.25, 0.3) is 0 Å². The lowest BCUT2D eigenvalue weighted by molar-refractivity contribution is 0.469. The van der Waals surface area contributed by atoms with E-state index in [1.54, 1.807) is 12.4 Å². The average Bonchev–Trinajstić information content (AvgIpc) is 3.37. The molecular formula is C22H54N6. The maximum Gasteiger partial charge on any atom is 0.137 e. The van der Waals surface area contributed by atoms with Crippen molar-refractivity contribution in [1.82, 2.24) is 30.6 Å². The largest absolute Gasteiger partial charge is 0.266 e. The summed E-state index contributed by atoms with van der Waals surface area (Å²) in [5.74, 6) is 0. The molecule has 0 saturated heterocycles. The van der Waals surface area contributed by atoms with Gasteiger partial charge in [0.15, 0.2) is 0 Å². The van der Waals surface area contributed by atoms with Crippen LogP contribution < -0.4 is 0 Å². The van der Waals surface area contributed by atoms with Crippen molar-refractivity contribution in [3.8, 4) is 0 Å². The Labute approximate surface area is 177 Å². The van der Waals surface area contributed by atoms with Gasteiger partial charge in [-0.25, -0.2) is 4.98 Å². The summed E-state index contributed by atoms with van der Waals surface area (Å²) in [4.78, 5) is 3.56. The monoisotopic (exact) mass is 402 g/mol. The lowest BCUT2D eigenvalue weighted by Gasteiger charge is -2.05. The summed E-state index contributed by atoms with van der Waals surface area (Å²) in [7, 11) is 0. The molecule has 0 amide bonds. The summed E-state index contributed by atoms with van der Waals surface area (Å²) in [5.41, 5.74) is 1.00. The number of hydrogen-bond acceptors (Lipinski definition) is 4. The first-order chi connectivity index (χ1) is 13.0. The van der Waals surface area contributed by atoms with E-state index in [0.717, 1.165) is 0 Å². The van der Waals surface area contributed by atoms with E-state index < -0.39 is 0 Å². The highest BCUT2D eigenvalue weighted by molar-refractivity contribution is 4.55. The van der Waals surface area contributed by atoms with Crippen molar-refractivity contribution < 1.29 is 0 Å². The average molecular weight is 403 g/mol. The lowest BCUT2D eigenvalue weighted by atomic mass is 10.0. The molecule has 0 atom stereocenters. The van der Waals surface area contributed by atoms with Gasteiger partial charge in [-0.2, -0.15) is 20.5 Å². The van der Waals surface area contributed by atoms with Crippen molar-refractivity contribution in [3.63, 3.8) is 0 Å². The number of aromatic amines is 2. The van der Waals surface area contributed by atoms with Crippen molar-refractivity contribution in [1.29, 1.82) is 0 Å². The summed E-state index contributed by atoms with van der Waals surface area (Å²) in [6.07, 6.45) is 6.12. The van der Waals surface area contributed by atoms with Crippen molar-refractivity contribution in [2.75, 3.05) is 0 Å². The van der Waals surface area contributed by atoms with Crippen LogP contribution in [0, 0.1) is 10.8 Å². The Morgan fingerprint density at radius 3 is 0.893 bits per heavy atom. The third-order valence-corrected chi connectivity index (χ3v) is 0.662. The molecule has 172 valence electrons. The predicted octanol–water partition coefficient (Wildman–Crippen LogP) is 7.82. The maximum atomic E-state index is 3.56. The fourth-order valence-electron chi connectivity index (χ4n) is 0.333. The summed E-state index contributed by atoms with van der Waals surface area (Å²) in [6, 6.07) is 0. The van der Waals surface area contributed by atoms with Gasteiger partial charge in [-0.1, -0.05) is 111 Å². The van der Waals surface area contributed by atoms with E-state index in [0.29, 0.717) is 10.8 Å². The van der Waals surface area contributed by atoms with E-state index in [-0.39, 0.29) is 0 Å². The zero-order valence-corrected chi connectivity index (χ0v) is 22.1. The minimum atomic E-state index is 0.500. The molecule has 0 unspecified atom stereocenters. The molecule has 0 radical (unpaired) electrons. The van der Waals surface area contributed by atoms with Crippen molar-refractivity contribution >= 4 is 0 Å². The first-order valence-corrected chi connectivity index (χ1v) is 10.6. The Morgan fingerprint density at radius 1 is 0.536 bits per heavy atom. The number of hydrogen-bond donors (Lipinski definition) is 2. The van der Waals surface area contributed by atoms with E-state index in [9.17, 15) is 0 Å². The summed E-state index contributed by atoms with van der Waals surface area (Å²) in [5, 5.41) is 15.3. The van der Waals surface area contributed by atoms with Crippen molar-refractivity contribution in [2.24, 2.45) is 10.8 Å². The molecule has 2 heterocycles. The Balaban J connectivity index is -0.0000000515. The quantitative estimate of drug-likeness (QED) is 0.470. The second-order valence-corrected chi connectivity index (χ2v) is 7.31. The van der Waals surface area contributed by atoms with E-state index in [2.05, 4.69) is 86.0 Å². The van der Waals surface area contributed by atoms with Crippen LogP contribution in [-0.4, -0.2) is 30.6 Å². The van der Waals surface area contributed by atoms with Gasteiger partial charge in [-0.15, -0.1) is 0 Å². The number of aromatic nitrogens is 6. The van der Waals surface area contributed by atoms with E-state index in [4.69, 9.17) is 0 Å². The smallest absolute Gasteiger partial charge is 0.137 e. The highest BCUT2D eigenvalue weighted by Gasteiger charge is 1.96. The number of nitrogens with one attached hydrogen (secondary N) is 2. The molecule has 0 aliphatic rings. The molecule has 6 heteroatoms. The third-order valence-electron chi connectivity index (χ3n) is 0.662. The molecule has 2 aromatic heterocycles. The fraction of sp³-hybridized carbons (Fsp3) is 0.818. The predicted molar refractivity (Wildman–Crippen MR) is 128 cm³/mol. The van der Waals surface area contributed by atoms with Crippen LogP contribution in [0.5, 0.6) is 0 Å². The topological polar surface area (TPSA) is 83.1 Å². The van der Waals surface area contributed by atoms with Crippen LogP contribution in [0.1, 0.15) is 111 Å². The molecule has 6 nitrogen and oxygen atoms in total. The molecule has 0 saturated carbocycles. The van der Waals surface area contributed by atoms with Crippen LogP contribution in [0.4, 0.5) is 0 Å². The van der Waals surface area contributed by atoms with Gasteiger partial charge in [0.2, 0.25) is 0 Å². The van der Waals surface area contributed by atoms with Crippen LogP contribution >= 0.6 is 0 Å². The van der Waals surface area contributed by atoms with Gasteiger partial charge in [-0.3, -0.25) is 5.10 Å². The molecule has 2 aromatic rings. The molecule has 2 N–H and O–H groups in total. The summed E-state index contributed by atoms with van der Waals surface area (Å²) < 4.78 is 0. The normalized spacial score (nSPS) is 8.00. The molecule has 2 rings (SSSR count). The zero-order chi connectivity index (χ0) is 24.1. The molecule has 28 heavy (non-hydrogen) atoms. The molecule has 0 spiro atoms. The van der Waals surface area contributed by atoms with Gasteiger partial charge in [-0.05, 0) is 10.8 Å². The summed E-state index contributed by atoms with van der Waals surface area (Å²) >= 11 is 0. The Morgan fingerprint density at radius 2 is 0.821 bits per heavy atom. The van der Waals surface area contributed by atoms with Gasteiger partial charge in [0, 0.05) is 0 Å². The zero-order valence-electron chi connectivity index (χ0n) is 22.1. The molecular weight excluding hydrogens is 348 g/mol. The fourth-order valence-corrected chi connectivity index (χ4v) is 0.333. The van der Waals surface area contributed by atoms with Crippen molar-refractivity contribution in [3.05, 3.63) is 25.0 Å². The Hall–Kier alpha value is -1.72. The van der Waals surface area contributed by atoms with Gasteiger partial charge < -0.3 is 0 Å². The number of rotatable bonds is 0. The molecule has 0 bridgehead atoms. The van der Waals surface area contributed by atoms with Gasteiger partial charge in [0.1, 0.15) is 12.7 Å². The maximum absolute atomic E-state index is 3.56. The Kier molecular flexibility index (Phi) is 52.8. The molecule has 0 aliphatic heterocycles. The SMILES string of the molecule is CC.CC.CC.CC.CC(C)(C)C.CC(C)(C)C.c1cn[nH]n1.c1nc[nH]n1. The number of H-pyrrole nitrogens is 2. The van der Waals surface area contributed by atoms with Crippen LogP contribution in [-0.2, 0) is 0 Å². The highest BCUT2D eigenvalue weighted by Crippen LogP contribution is 2.08. The number of nitrogens with zero attached hydrogens (tertiary/aromatic N) is 4. The highest BCUT2D eigenvalue weighted by atomic mass is 15.3. The first kappa shape index (κ1) is 40.8. The molecule has 0 aliphatic carbocycles. The van der Waals surface area contributed by atoms with Crippen LogP contribution in [0.15, 0.2) is 25.0 Å². The summed E-state index contributed by atoms with van der Waals surface area (Å²) in [6.45, 7) is 33.5. The van der Waals surface area contributed by atoms with Crippen LogP contribution in [0.2, 0.25) is 0 Å². The Bertz CT molecular complexity index is 272. The van der Waals surface area contributed by atoms with E-state index in [1.807, 2.05) is 55.4 Å². The first-order valence-electron chi connectivity index (χ1n) is 10.6. The minimum absolute atomic E-state index is 0.500. The van der Waals surface area contributed by atoms with Gasteiger partial charge >= 0.3 is 0 Å². The second-order valence-electron chi connectivity index (χ2n) is 7.31. The van der Waals surface area contributed by atoms with Crippen LogP contribution in [0.25, 0.3) is 0 Å². The molecule has 0 aromatic carbocycles. The minimum Gasteiger partial charge on any atom is -0.266 e. The molecule has 0 fully saturated rings. The third kappa shape index (κ3) is 192. The van der Waals surface area contributed by atoms with Gasteiger partial charge in [0.05, 0.1) is 12.4 Å². The second kappa shape index (κ2) is 36.2. The standard InChI is InChI=1S/2C5H12.2C2H3N3.4C2H6/c2*1-5(2,3)4;1-3-2-5-4-1;1-2-4-5-3-1;4*1-2/h2*1-4H3;2*1-2H,(H,3,4,5);4*1-2H3. The lowest BCUT2D eigenvalue weighted by Crippen LogP contribution is -1.93. The van der Waals surface area contributed by atoms with E-state index in [1.165, 1.54) is 12.7 Å². The van der Waals surface area contributed by atoms with E-state index >= 15 is 0 Å². The van der Waals surface area contributed by atoms with Crippen molar-refractivity contribution in [2.45, 2.75) is 111 Å².